The van der Waals surface area contributed by atoms with Crippen molar-refractivity contribution in [1.29, 1.82) is 0 Å². The smallest absolute Gasteiger partial charge is 0.253 e. The van der Waals surface area contributed by atoms with Crippen LogP contribution in [0.1, 0.15) is 23.2 Å². The quantitative estimate of drug-likeness (QED) is 0.649. The van der Waals surface area contributed by atoms with Gasteiger partial charge < -0.3 is 11.1 Å². The minimum Gasteiger partial charge on any atom is -0.398 e. The Bertz CT molecular complexity index is 564. The van der Waals surface area contributed by atoms with Crippen molar-refractivity contribution < 1.29 is 13.2 Å². The normalized spacial score (nSPS) is 15.6. The highest BCUT2D eigenvalue weighted by Crippen LogP contribution is 2.22. The second kappa shape index (κ2) is 4.01. The number of benzene rings is 1. The van der Waals surface area contributed by atoms with Gasteiger partial charge in [0.2, 0.25) is 10.0 Å². The van der Waals surface area contributed by atoms with Gasteiger partial charge in [-0.15, -0.1) is 0 Å². The topological polar surface area (TPSA) is 115 Å². The number of primary sulfonamides is 1. The molecule has 0 aliphatic heterocycles. The van der Waals surface area contributed by atoms with Gasteiger partial charge >= 0.3 is 0 Å². The molecule has 1 aromatic carbocycles. The van der Waals surface area contributed by atoms with Gasteiger partial charge in [-0.05, 0) is 31.0 Å². The molecular formula is C10H13N3O3S. The Balaban J connectivity index is 2.34. The van der Waals surface area contributed by atoms with Gasteiger partial charge in [-0.1, -0.05) is 0 Å². The Morgan fingerprint density at radius 3 is 2.53 bits per heavy atom. The monoisotopic (exact) mass is 255 g/mol. The van der Waals surface area contributed by atoms with Crippen LogP contribution < -0.4 is 16.2 Å². The van der Waals surface area contributed by atoms with E-state index < -0.39 is 10.0 Å². The molecule has 5 N–H and O–H groups in total. The van der Waals surface area contributed by atoms with Crippen LogP contribution in [0.4, 0.5) is 5.69 Å². The fourth-order valence-corrected chi connectivity index (χ4v) is 1.94. The van der Waals surface area contributed by atoms with Crippen molar-refractivity contribution in [1.82, 2.24) is 5.32 Å². The summed E-state index contributed by atoms with van der Waals surface area (Å²) in [6.45, 7) is 0. The summed E-state index contributed by atoms with van der Waals surface area (Å²) in [7, 11) is -3.82. The number of amides is 1. The minimum atomic E-state index is -3.82. The van der Waals surface area contributed by atoms with Crippen LogP contribution in [0.3, 0.4) is 0 Å². The summed E-state index contributed by atoms with van der Waals surface area (Å²) < 4.78 is 22.3. The molecule has 1 aliphatic rings. The van der Waals surface area contributed by atoms with Gasteiger partial charge in [0.1, 0.15) is 0 Å². The first kappa shape index (κ1) is 11.9. The van der Waals surface area contributed by atoms with E-state index in [0.29, 0.717) is 0 Å². The van der Waals surface area contributed by atoms with Gasteiger partial charge in [0, 0.05) is 11.7 Å². The van der Waals surface area contributed by atoms with Crippen LogP contribution in [0.25, 0.3) is 0 Å². The second-order valence-electron chi connectivity index (χ2n) is 4.04. The summed E-state index contributed by atoms with van der Waals surface area (Å²) in [4.78, 5) is 11.7. The van der Waals surface area contributed by atoms with E-state index in [4.69, 9.17) is 10.9 Å². The van der Waals surface area contributed by atoms with E-state index in [-0.39, 0.29) is 28.1 Å². The van der Waals surface area contributed by atoms with E-state index in [1.54, 1.807) is 0 Å². The molecule has 1 aromatic rings. The number of rotatable bonds is 3. The molecular weight excluding hydrogens is 242 g/mol. The molecule has 0 saturated heterocycles. The lowest BCUT2D eigenvalue weighted by atomic mass is 10.1. The molecule has 0 radical (unpaired) electrons. The molecule has 1 aliphatic carbocycles. The van der Waals surface area contributed by atoms with E-state index >= 15 is 0 Å². The molecule has 1 saturated carbocycles. The van der Waals surface area contributed by atoms with Crippen LogP contribution in [0.5, 0.6) is 0 Å². The van der Waals surface area contributed by atoms with E-state index in [9.17, 15) is 13.2 Å². The Hall–Kier alpha value is -1.60. The number of hydrogen-bond acceptors (Lipinski definition) is 4. The van der Waals surface area contributed by atoms with Crippen molar-refractivity contribution in [2.24, 2.45) is 5.14 Å². The molecule has 7 heteroatoms. The van der Waals surface area contributed by atoms with Gasteiger partial charge in [0.15, 0.2) is 0 Å². The van der Waals surface area contributed by atoms with Gasteiger partial charge in [0.25, 0.3) is 5.91 Å². The molecule has 1 amide bonds. The molecule has 92 valence electrons. The zero-order chi connectivity index (χ0) is 12.6. The Labute approximate surface area is 99.0 Å². The summed E-state index contributed by atoms with van der Waals surface area (Å²) in [6, 6.07) is 4.02. The summed E-state index contributed by atoms with van der Waals surface area (Å²) in [6.07, 6.45) is 1.89. The van der Waals surface area contributed by atoms with Gasteiger partial charge in [-0.2, -0.15) is 0 Å². The maximum Gasteiger partial charge on any atom is 0.253 e. The first-order chi connectivity index (χ1) is 7.88. The molecule has 0 unspecified atom stereocenters. The molecule has 0 heterocycles. The van der Waals surface area contributed by atoms with Gasteiger partial charge in [-0.3, -0.25) is 4.79 Å². The molecule has 1 fully saturated rings. The molecule has 0 aromatic heterocycles. The molecule has 0 spiro atoms. The van der Waals surface area contributed by atoms with Crippen LogP contribution in [0.15, 0.2) is 23.1 Å². The lowest BCUT2D eigenvalue weighted by Crippen LogP contribution is -2.26. The average molecular weight is 255 g/mol. The van der Waals surface area contributed by atoms with Gasteiger partial charge in [-0.25, -0.2) is 13.6 Å². The fourth-order valence-electron chi connectivity index (χ4n) is 1.40. The lowest BCUT2D eigenvalue weighted by molar-refractivity contribution is 0.0952. The van der Waals surface area contributed by atoms with Crippen molar-refractivity contribution in [3.8, 4) is 0 Å². The largest absolute Gasteiger partial charge is 0.398 e. The molecule has 2 rings (SSSR count). The summed E-state index contributed by atoms with van der Waals surface area (Å²) in [5, 5.41) is 7.72. The summed E-state index contributed by atoms with van der Waals surface area (Å²) >= 11 is 0. The minimum absolute atomic E-state index is 0.118. The summed E-state index contributed by atoms with van der Waals surface area (Å²) in [5.74, 6) is -0.365. The number of sulfonamides is 1. The summed E-state index contributed by atoms with van der Waals surface area (Å²) in [5.41, 5.74) is 6.01. The zero-order valence-electron chi connectivity index (χ0n) is 9.01. The first-order valence-electron chi connectivity index (χ1n) is 5.11. The van der Waals surface area contributed by atoms with E-state index in [1.807, 2.05) is 0 Å². The first-order valence-corrected chi connectivity index (χ1v) is 6.66. The van der Waals surface area contributed by atoms with Crippen molar-refractivity contribution in [3.63, 3.8) is 0 Å². The average Bonchev–Trinajstić information content (AvgIpc) is 3.00. The van der Waals surface area contributed by atoms with E-state index in [2.05, 4.69) is 5.32 Å². The van der Waals surface area contributed by atoms with Crippen molar-refractivity contribution in [3.05, 3.63) is 23.8 Å². The van der Waals surface area contributed by atoms with Crippen LogP contribution in [-0.2, 0) is 10.0 Å². The third kappa shape index (κ3) is 2.75. The Kier molecular flexibility index (Phi) is 2.80. The maximum atomic E-state index is 11.8. The van der Waals surface area contributed by atoms with Crippen LogP contribution >= 0.6 is 0 Å². The lowest BCUT2D eigenvalue weighted by Gasteiger charge is -2.08. The number of nitrogens with two attached hydrogens (primary N) is 2. The zero-order valence-corrected chi connectivity index (χ0v) is 9.83. The molecule has 0 bridgehead atoms. The number of nitrogen functional groups attached to an aromatic ring is 1. The number of nitrogens with one attached hydrogen (secondary N) is 1. The third-order valence-electron chi connectivity index (χ3n) is 2.51. The Morgan fingerprint density at radius 2 is 2.00 bits per heavy atom. The predicted octanol–water partition coefficient (Wildman–Crippen LogP) is -0.192. The fraction of sp³-hybridized carbons (Fsp3) is 0.300. The predicted molar refractivity (Wildman–Crippen MR) is 62.7 cm³/mol. The molecule has 0 atom stereocenters. The van der Waals surface area contributed by atoms with Crippen LogP contribution in [0.2, 0.25) is 0 Å². The standard InChI is InChI=1S/C10H13N3O3S/c11-9-4-3-7(17(12,15)16)5-8(9)10(14)13-6-1-2-6/h3-6H,1-2,11H2,(H,13,14)(H2,12,15,16). The molecule has 17 heavy (non-hydrogen) atoms. The number of carbonyl (C=O) groups excluding carboxylic acids is 1. The van der Waals surface area contributed by atoms with Crippen molar-refractivity contribution in [2.75, 3.05) is 5.73 Å². The second-order valence-corrected chi connectivity index (χ2v) is 5.60. The third-order valence-corrected chi connectivity index (χ3v) is 3.42. The number of anilines is 1. The number of carbonyl (C=O) groups is 1. The van der Waals surface area contributed by atoms with Crippen molar-refractivity contribution >= 4 is 21.6 Å². The van der Waals surface area contributed by atoms with Crippen LogP contribution in [0, 0.1) is 0 Å². The number of hydrogen-bond donors (Lipinski definition) is 3. The van der Waals surface area contributed by atoms with E-state index in [0.717, 1.165) is 12.8 Å². The Morgan fingerprint density at radius 1 is 1.35 bits per heavy atom. The van der Waals surface area contributed by atoms with Gasteiger partial charge in [0.05, 0.1) is 10.5 Å². The van der Waals surface area contributed by atoms with E-state index in [1.165, 1.54) is 18.2 Å². The highest BCUT2D eigenvalue weighted by atomic mass is 32.2. The van der Waals surface area contributed by atoms with Crippen molar-refractivity contribution in [2.45, 2.75) is 23.8 Å². The van der Waals surface area contributed by atoms with Crippen LogP contribution in [-0.4, -0.2) is 20.4 Å². The molecule has 6 nitrogen and oxygen atoms in total. The SMILES string of the molecule is Nc1ccc(S(N)(=O)=O)cc1C(=O)NC1CC1. The highest BCUT2D eigenvalue weighted by Gasteiger charge is 2.25. The highest BCUT2D eigenvalue weighted by molar-refractivity contribution is 7.89. The maximum absolute atomic E-state index is 11.8.